The molecule has 196 valence electrons. The van der Waals surface area contributed by atoms with Gasteiger partial charge in [0.15, 0.2) is 0 Å². The largest absolute Gasteiger partial charge is 0.372 e. The van der Waals surface area contributed by atoms with Crippen molar-refractivity contribution in [3.05, 3.63) is 144 Å². The summed E-state index contributed by atoms with van der Waals surface area (Å²) in [6, 6.07) is 42.7. The van der Waals surface area contributed by atoms with Crippen molar-refractivity contribution < 1.29 is 9.47 Å². The zero-order valence-corrected chi connectivity index (χ0v) is 22.0. The van der Waals surface area contributed by atoms with Crippen molar-refractivity contribution in [1.29, 1.82) is 0 Å². The van der Waals surface area contributed by atoms with Gasteiger partial charge in [-0.3, -0.25) is 10.6 Å². The molecular weight excluding hydrogens is 468 g/mol. The zero-order chi connectivity index (χ0) is 25.9. The summed E-state index contributed by atoms with van der Waals surface area (Å²) in [5.41, 5.74) is 4.59. The number of benzene rings is 4. The zero-order valence-electron chi connectivity index (χ0n) is 22.0. The number of nitrogens with one attached hydrogen (secondary N) is 2. The average molecular weight is 507 g/mol. The summed E-state index contributed by atoms with van der Waals surface area (Å²) in [5.74, 6) is 0. The van der Waals surface area contributed by atoms with Crippen LogP contribution >= 0.6 is 0 Å². The lowest BCUT2D eigenvalue weighted by Gasteiger charge is -2.43. The highest BCUT2D eigenvalue weighted by Gasteiger charge is 2.40. The Morgan fingerprint density at radius 3 is 1.58 bits per heavy atom. The van der Waals surface area contributed by atoms with E-state index in [1.807, 2.05) is 0 Å². The summed E-state index contributed by atoms with van der Waals surface area (Å²) in [5, 5.41) is 7.94. The minimum absolute atomic E-state index is 0.0838. The summed E-state index contributed by atoms with van der Waals surface area (Å²) in [6.45, 7) is 2.86. The third kappa shape index (κ3) is 7.86. The topological polar surface area (TPSA) is 45.8 Å². The van der Waals surface area contributed by atoms with Crippen LogP contribution in [0, 0.1) is 0 Å². The Bertz CT molecular complexity index is 1150. The van der Waals surface area contributed by atoms with E-state index in [-0.39, 0.29) is 12.2 Å². The third-order valence-corrected chi connectivity index (χ3v) is 7.20. The fraction of sp³-hybridized carbons (Fsp3) is 0.294. The molecule has 1 heterocycles. The van der Waals surface area contributed by atoms with Gasteiger partial charge in [-0.25, -0.2) is 0 Å². The average Bonchev–Trinajstić information content (AvgIpc) is 3.81. The second-order valence-electron chi connectivity index (χ2n) is 10.1. The van der Waals surface area contributed by atoms with Gasteiger partial charge < -0.3 is 9.47 Å². The molecule has 0 aliphatic carbocycles. The molecule has 4 nitrogen and oxygen atoms in total. The Morgan fingerprint density at radius 1 is 0.658 bits per heavy atom. The molecule has 1 aliphatic rings. The van der Waals surface area contributed by atoms with Crippen LogP contribution in [-0.2, 0) is 35.4 Å². The summed E-state index contributed by atoms with van der Waals surface area (Å²) < 4.78 is 12.3. The molecule has 0 radical (unpaired) electrons. The van der Waals surface area contributed by atoms with Crippen LogP contribution in [0.25, 0.3) is 0 Å². The molecule has 1 saturated heterocycles. The Balaban J connectivity index is 1.47. The maximum atomic E-state index is 6.75. The standard InChI is InChI=1S/C34H38N2O2/c1-5-13-28(14-6-1)21-22-33(38-27-32-26-37-32)34(23-29-15-7-2-8-16-29,35-24-30-17-9-3-10-18-30)36-25-31-19-11-4-12-20-31/h1-20,32-33,35-36H,21-27H2. The van der Waals surface area contributed by atoms with E-state index in [9.17, 15) is 0 Å². The van der Waals surface area contributed by atoms with Gasteiger partial charge in [-0.15, -0.1) is 0 Å². The lowest BCUT2D eigenvalue weighted by molar-refractivity contribution is -0.0424. The summed E-state index contributed by atoms with van der Waals surface area (Å²) >= 11 is 0. The Hall–Kier alpha value is -3.28. The van der Waals surface area contributed by atoms with E-state index in [1.165, 1.54) is 22.3 Å². The van der Waals surface area contributed by atoms with E-state index in [2.05, 4.69) is 132 Å². The molecule has 2 unspecified atom stereocenters. The fourth-order valence-electron chi connectivity index (χ4n) is 4.96. The predicted octanol–water partition coefficient (Wildman–Crippen LogP) is 5.92. The van der Waals surface area contributed by atoms with Crippen LogP contribution in [0.5, 0.6) is 0 Å². The number of rotatable bonds is 15. The molecule has 5 rings (SSSR count). The SMILES string of the molecule is c1ccc(CCC(OCC2CO2)C(Cc2ccccc2)(NCc2ccccc2)NCc2ccccc2)cc1. The molecule has 38 heavy (non-hydrogen) atoms. The monoisotopic (exact) mass is 506 g/mol. The van der Waals surface area contributed by atoms with Gasteiger partial charge in [0.2, 0.25) is 0 Å². The van der Waals surface area contributed by atoms with Gasteiger partial charge in [0.05, 0.1) is 19.3 Å². The molecule has 0 saturated carbocycles. The first-order chi connectivity index (χ1) is 18.8. The van der Waals surface area contributed by atoms with Crippen LogP contribution in [-0.4, -0.2) is 31.1 Å². The molecule has 0 aromatic heterocycles. The highest BCUT2D eigenvalue weighted by Crippen LogP contribution is 2.26. The van der Waals surface area contributed by atoms with Crippen molar-refractivity contribution in [2.75, 3.05) is 13.2 Å². The van der Waals surface area contributed by atoms with E-state index in [4.69, 9.17) is 9.47 Å². The summed E-state index contributed by atoms with van der Waals surface area (Å²) in [6.07, 6.45) is 2.73. The van der Waals surface area contributed by atoms with Gasteiger partial charge >= 0.3 is 0 Å². The Kier molecular flexibility index (Phi) is 9.35. The molecule has 4 heteroatoms. The van der Waals surface area contributed by atoms with Crippen molar-refractivity contribution in [3.8, 4) is 0 Å². The second kappa shape index (κ2) is 13.5. The number of ether oxygens (including phenoxy) is 2. The molecule has 1 fully saturated rings. The molecule has 0 spiro atoms. The molecule has 2 atom stereocenters. The number of epoxide rings is 1. The Morgan fingerprint density at radius 2 is 1.11 bits per heavy atom. The predicted molar refractivity (Wildman–Crippen MR) is 154 cm³/mol. The second-order valence-corrected chi connectivity index (χ2v) is 10.1. The summed E-state index contributed by atoms with van der Waals surface area (Å²) in [7, 11) is 0. The number of aryl methyl sites for hydroxylation is 1. The van der Waals surface area contributed by atoms with E-state index in [0.717, 1.165) is 39.0 Å². The molecule has 2 N–H and O–H groups in total. The van der Waals surface area contributed by atoms with Gasteiger partial charge in [0.1, 0.15) is 11.8 Å². The van der Waals surface area contributed by atoms with Crippen LogP contribution in [0.3, 0.4) is 0 Å². The minimum atomic E-state index is -0.503. The first-order valence-electron chi connectivity index (χ1n) is 13.7. The molecule has 4 aromatic carbocycles. The van der Waals surface area contributed by atoms with Crippen LogP contribution in [0.15, 0.2) is 121 Å². The summed E-state index contributed by atoms with van der Waals surface area (Å²) in [4.78, 5) is 0. The van der Waals surface area contributed by atoms with Crippen LogP contribution in [0.2, 0.25) is 0 Å². The van der Waals surface area contributed by atoms with Crippen molar-refractivity contribution >= 4 is 0 Å². The van der Waals surface area contributed by atoms with E-state index >= 15 is 0 Å². The van der Waals surface area contributed by atoms with Gasteiger partial charge in [-0.05, 0) is 35.1 Å². The lowest BCUT2D eigenvalue weighted by Crippen LogP contribution is -2.66. The maximum Gasteiger partial charge on any atom is 0.104 e. The molecular formula is C34H38N2O2. The fourth-order valence-corrected chi connectivity index (χ4v) is 4.96. The van der Waals surface area contributed by atoms with Gasteiger partial charge in [-0.2, -0.15) is 0 Å². The van der Waals surface area contributed by atoms with Crippen molar-refractivity contribution in [2.24, 2.45) is 0 Å². The Labute approximate surface area is 227 Å². The smallest absolute Gasteiger partial charge is 0.104 e. The highest BCUT2D eigenvalue weighted by molar-refractivity contribution is 5.22. The van der Waals surface area contributed by atoms with Gasteiger partial charge in [0.25, 0.3) is 0 Å². The molecule has 1 aliphatic heterocycles. The van der Waals surface area contributed by atoms with E-state index < -0.39 is 5.66 Å². The lowest BCUT2D eigenvalue weighted by atomic mass is 9.89. The van der Waals surface area contributed by atoms with Gasteiger partial charge in [-0.1, -0.05) is 121 Å². The number of hydrogen-bond donors (Lipinski definition) is 2. The van der Waals surface area contributed by atoms with Crippen molar-refractivity contribution in [3.63, 3.8) is 0 Å². The van der Waals surface area contributed by atoms with E-state index in [0.29, 0.717) is 6.61 Å². The molecule has 0 bridgehead atoms. The normalized spacial score (nSPS) is 15.7. The van der Waals surface area contributed by atoms with E-state index in [1.54, 1.807) is 0 Å². The number of hydrogen-bond acceptors (Lipinski definition) is 4. The van der Waals surface area contributed by atoms with Crippen LogP contribution in [0.4, 0.5) is 0 Å². The van der Waals surface area contributed by atoms with Crippen molar-refractivity contribution in [1.82, 2.24) is 10.6 Å². The van der Waals surface area contributed by atoms with Gasteiger partial charge in [0, 0.05) is 19.5 Å². The quantitative estimate of drug-likeness (QED) is 0.155. The molecule has 0 amide bonds. The first-order valence-corrected chi connectivity index (χ1v) is 13.7. The van der Waals surface area contributed by atoms with Crippen molar-refractivity contribution in [2.45, 2.75) is 50.2 Å². The highest BCUT2D eigenvalue weighted by atomic mass is 16.6. The molecule has 4 aromatic rings. The minimum Gasteiger partial charge on any atom is -0.372 e. The third-order valence-electron chi connectivity index (χ3n) is 7.20. The van der Waals surface area contributed by atoms with Crippen LogP contribution in [0.1, 0.15) is 28.7 Å². The first kappa shape index (κ1) is 26.3. The maximum absolute atomic E-state index is 6.75. The van der Waals surface area contributed by atoms with Crippen LogP contribution < -0.4 is 10.6 Å².